The van der Waals surface area contributed by atoms with E-state index in [0.29, 0.717) is 25.6 Å². The molecule has 0 aliphatic rings. The first-order valence-corrected chi connectivity index (χ1v) is 5.46. The fraction of sp³-hybridized carbons (Fsp3) is 0.875. The maximum atomic E-state index is 10.3. The predicted octanol–water partition coefficient (Wildman–Crippen LogP) is -0.205. The number of carboxylic acid groups (broad SMARTS) is 1. The molecule has 84 valence electrons. The molecule has 0 aliphatic carbocycles. The normalized spacial score (nSPS) is 12.7. The van der Waals surface area contributed by atoms with Crippen LogP contribution in [0, 0.1) is 0 Å². The Bertz CT molecular complexity index is 156. The summed E-state index contributed by atoms with van der Waals surface area (Å²) in [5, 5.41) is 8.47. The lowest BCUT2D eigenvalue weighted by Crippen LogP contribution is -2.32. The summed E-state index contributed by atoms with van der Waals surface area (Å²) in [5.41, 5.74) is 5.30. The number of methoxy groups -OCH3 is 1. The van der Waals surface area contributed by atoms with Crippen molar-refractivity contribution >= 4 is 17.7 Å². The van der Waals surface area contributed by atoms with Gasteiger partial charge in [-0.05, 0) is 0 Å². The van der Waals surface area contributed by atoms with Gasteiger partial charge in [-0.25, -0.2) is 0 Å². The van der Waals surface area contributed by atoms with E-state index in [1.54, 1.807) is 7.11 Å². The van der Waals surface area contributed by atoms with E-state index in [0.717, 1.165) is 5.75 Å². The van der Waals surface area contributed by atoms with Crippen LogP contribution in [0.4, 0.5) is 0 Å². The van der Waals surface area contributed by atoms with Crippen LogP contribution >= 0.6 is 11.8 Å². The SMILES string of the molecule is COCCOCCSCC(N)C(=O)O. The van der Waals surface area contributed by atoms with Gasteiger partial charge in [0.1, 0.15) is 6.04 Å². The smallest absolute Gasteiger partial charge is 0.321 e. The Morgan fingerprint density at radius 1 is 1.50 bits per heavy atom. The summed E-state index contributed by atoms with van der Waals surface area (Å²) in [5.74, 6) is 0.214. The molecule has 0 fully saturated rings. The highest BCUT2D eigenvalue weighted by Crippen LogP contribution is 2.01. The van der Waals surface area contributed by atoms with Crippen molar-refractivity contribution in [3.8, 4) is 0 Å². The van der Waals surface area contributed by atoms with Crippen LogP contribution in [-0.2, 0) is 14.3 Å². The van der Waals surface area contributed by atoms with Gasteiger partial charge in [-0.1, -0.05) is 0 Å². The van der Waals surface area contributed by atoms with Gasteiger partial charge in [0.25, 0.3) is 0 Å². The number of aliphatic carboxylic acids is 1. The van der Waals surface area contributed by atoms with Crippen molar-refractivity contribution in [3.63, 3.8) is 0 Å². The molecule has 0 saturated heterocycles. The number of hydrogen-bond acceptors (Lipinski definition) is 5. The Balaban J connectivity index is 3.09. The van der Waals surface area contributed by atoms with Gasteiger partial charge in [0, 0.05) is 18.6 Å². The second-order valence-corrected chi connectivity index (χ2v) is 3.77. The fourth-order valence-corrected chi connectivity index (χ4v) is 1.44. The molecule has 0 aromatic heterocycles. The van der Waals surface area contributed by atoms with E-state index in [1.807, 2.05) is 0 Å². The van der Waals surface area contributed by atoms with Crippen molar-refractivity contribution in [1.29, 1.82) is 0 Å². The molecular formula is C8H17NO4S. The molecule has 1 unspecified atom stereocenters. The number of thioether (sulfide) groups is 1. The van der Waals surface area contributed by atoms with Crippen molar-refractivity contribution < 1.29 is 19.4 Å². The fourth-order valence-electron chi connectivity index (χ4n) is 0.644. The van der Waals surface area contributed by atoms with Gasteiger partial charge in [-0.15, -0.1) is 0 Å². The lowest BCUT2D eigenvalue weighted by molar-refractivity contribution is -0.137. The Labute approximate surface area is 87.9 Å². The van der Waals surface area contributed by atoms with E-state index in [-0.39, 0.29) is 0 Å². The van der Waals surface area contributed by atoms with Crippen LogP contribution in [0.2, 0.25) is 0 Å². The molecule has 1 atom stereocenters. The third-order valence-electron chi connectivity index (χ3n) is 1.42. The van der Waals surface area contributed by atoms with Crippen molar-refractivity contribution in [2.45, 2.75) is 6.04 Å². The van der Waals surface area contributed by atoms with E-state index in [2.05, 4.69) is 0 Å². The first kappa shape index (κ1) is 13.7. The van der Waals surface area contributed by atoms with Crippen molar-refractivity contribution in [2.24, 2.45) is 5.73 Å². The Kier molecular flexibility index (Phi) is 9.06. The first-order valence-electron chi connectivity index (χ1n) is 4.31. The monoisotopic (exact) mass is 223 g/mol. The molecule has 0 aliphatic heterocycles. The van der Waals surface area contributed by atoms with Crippen molar-refractivity contribution in [3.05, 3.63) is 0 Å². The number of nitrogens with two attached hydrogens (primary N) is 1. The molecule has 0 amide bonds. The molecule has 3 N–H and O–H groups in total. The molecule has 0 aromatic carbocycles. The summed E-state index contributed by atoms with van der Waals surface area (Å²) < 4.78 is 9.97. The molecule has 0 bridgehead atoms. The minimum absolute atomic E-state index is 0.420. The standard InChI is InChI=1S/C8H17NO4S/c1-12-2-3-13-4-5-14-6-7(9)8(10)11/h7H,2-6,9H2,1H3,(H,10,11). The summed E-state index contributed by atoms with van der Waals surface area (Å²) in [6, 6.07) is -0.779. The molecule has 0 saturated carbocycles. The number of rotatable bonds is 9. The molecular weight excluding hydrogens is 206 g/mol. The zero-order valence-corrected chi connectivity index (χ0v) is 9.09. The summed E-state index contributed by atoms with van der Waals surface area (Å²) in [6.07, 6.45) is 0. The van der Waals surface area contributed by atoms with Gasteiger partial charge < -0.3 is 20.3 Å². The maximum Gasteiger partial charge on any atom is 0.321 e. The second-order valence-electron chi connectivity index (χ2n) is 2.62. The lowest BCUT2D eigenvalue weighted by Gasteiger charge is -2.06. The predicted molar refractivity (Wildman–Crippen MR) is 55.6 cm³/mol. The highest BCUT2D eigenvalue weighted by molar-refractivity contribution is 7.99. The van der Waals surface area contributed by atoms with Crippen LogP contribution in [0.15, 0.2) is 0 Å². The van der Waals surface area contributed by atoms with Crippen LogP contribution in [0.1, 0.15) is 0 Å². The van der Waals surface area contributed by atoms with Crippen molar-refractivity contribution in [1.82, 2.24) is 0 Å². The largest absolute Gasteiger partial charge is 0.480 e. The van der Waals surface area contributed by atoms with Crippen LogP contribution in [0.25, 0.3) is 0 Å². The minimum Gasteiger partial charge on any atom is -0.480 e. The molecule has 14 heavy (non-hydrogen) atoms. The molecule has 0 heterocycles. The zero-order chi connectivity index (χ0) is 10.8. The number of hydrogen-bond donors (Lipinski definition) is 2. The topological polar surface area (TPSA) is 81.8 Å². The molecule has 6 heteroatoms. The third kappa shape index (κ3) is 8.31. The van der Waals surface area contributed by atoms with Crippen LogP contribution in [0.3, 0.4) is 0 Å². The average molecular weight is 223 g/mol. The van der Waals surface area contributed by atoms with Gasteiger partial charge in [-0.3, -0.25) is 4.79 Å². The zero-order valence-electron chi connectivity index (χ0n) is 8.27. The van der Waals surface area contributed by atoms with Crippen LogP contribution in [0.5, 0.6) is 0 Å². The van der Waals surface area contributed by atoms with Gasteiger partial charge >= 0.3 is 5.97 Å². The van der Waals surface area contributed by atoms with E-state index >= 15 is 0 Å². The average Bonchev–Trinajstić information content (AvgIpc) is 2.16. The third-order valence-corrected chi connectivity index (χ3v) is 2.47. The van der Waals surface area contributed by atoms with Gasteiger partial charge in [0.2, 0.25) is 0 Å². The quantitative estimate of drug-likeness (QED) is 0.527. The molecule has 0 rings (SSSR count). The molecule has 5 nitrogen and oxygen atoms in total. The van der Waals surface area contributed by atoms with E-state index < -0.39 is 12.0 Å². The van der Waals surface area contributed by atoms with Gasteiger partial charge in [0.05, 0.1) is 19.8 Å². The Morgan fingerprint density at radius 3 is 2.79 bits per heavy atom. The summed E-state index contributed by atoms with van der Waals surface area (Å²) in [7, 11) is 1.62. The first-order chi connectivity index (χ1) is 6.68. The highest BCUT2D eigenvalue weighted by atomic mass is 32.2. The van der Waals surface area contributed by atoms with E-state index in [4.69, 9.17) is 20.3 Å². The number of carboxylic acids is 1. The highest BCUT2D eigenvalue weighted by Gasteiger charge is 2.10. The summed E-state index contributed by atoms with van der Waals surface area (Å²) in [4.78, 5) is 10.3. The van der Waals surface area contributed by atoms with Gasteiger partial charge in [-0.2, -0.15) is 11.8 Å². The molecule has 0 spiro atoms. The Hall–Kier alpha value is -0.300. The second kappa shape index (κ2) is 9.26. The van der Waals surface area contributed by atoms with E-state index in [9.17, 15) is 4.79 Å². The van der Waals surface area contributed by atoms with Gasteiger partial charge in [0.15, 0.2) is 0 Å². The summed E-state index contributed by atoms with van der Waals surface area (Å²) in [6.45, 7) is 1.75. The van der Waals surface area contributed by atoms with Crippen molar-refractivity contribution in [2.75, 3.05) is 38.4 Å². The van der Waals surface area contributed by atoms with Crippen LogP contribution < -0.4 is 5.73 Å². The lowest BCUT2D eigenvalue weighted by atomic mass is 10.4. The molecule has 0 aromatic rings. The summed E-state index contributed by atoms with van der Waals surface area (Å²) >= 11 is 1.48. The minimum atomic E-state index is -0.960. The van der Waals surface area contributed by atoms with Crippen LogP contribution in [-0.4, -0.2) is 55.6 Å². The number of carbonyl (C=O) groups is 1. The van der Waals surface area contributed by atoms with E-state index in [1.165, 1.54) is 11.8 Å². The maximum absolute atomic E-state index is 10.3. The Morgan fingerprint density at radius 2 is 2.21 bits per heavy atom. The molecule has 0 radical (unpaired) electrons. The number of ether oxygens (including phenoxy) is 2.